The third kappa shape index (κ3) is 2.91. The Hall–Kier alpha value is -0.870. The summed E-state index contributed by atoms with van der Waals surface area (Å²) in [7, 11) is 0. The molecule has 20 heavy (non-hydrogen) atoms. The van der Waals surface area contributed by atoms with Crippen LogP contribution in [0.25, 0.3) is 0 Å². The van der Waals surface area contributed by atoms with E-state index in [1.807, 2.05) is 0 Å². The predicted molar refractivity (Wildman–Crippen MR) is 83.8 cm³/mol. The molecular weight excluding hydrogens is 248 g/mol. The molecule has 1 atom stereocenters. The second-order valence-electron chi connectivity index (χ2n) is 7.71. The summed E-state index contributed by atoms with van der Waals surface area (Å²) in [4.78, 5) is 2.52. The van der Waals surface area contributed by atoms with Gasteiger partial charge in [0.25, 0.3) is 0 Å². The summed E-state index contributed by atoms with van der Waals surface area (Å²) in [5.74, 6) is 0. The zero-order valence-corrected chi connectivity index (χ0v) is 14.0. The van der Waals surface area contributed by atoms with Crippen molar-refractivity contribution in [1.82, 2.24) is 14.7 Å². The molecule has 0 spiro atoms. The van der Waals surface area contributed by atoms with Gasteiger partial charge < -0.3 is 5.73 Å². The first kappa shape index (κ1) is 15.5. The van der Waals surface area contributed by atoms with E-state index in [-0.39, 0.29) is 5.54 Å². The van der Waals surface area contributed by atoms with Crippen LogP contribution in [-0.4, -0.2) is 34.3 Å². The molecule has 1 aromatic rings. The Bertz CT molecular complexity index is 483. The van der Waals surface area contributed by atoms with Crippen molar-refractivity contribution in [3.05, 3.63) is 17.0 Å². The van der Waals surface area contributed by atoms with Gasteiger partial charge >= 0.3 is 0 Å². The molecule has 0 radical (unpaired) electrons. The Morgan fingerprint density at radius 1 is 1.30 bits per heavy atom. The zero-order valence-electron chi connectivity index (χ0n) is 14.0. The van der Waals surface area contributed by atoms with Crippen LogP contribution in [0.2, 0.25) is 0 Å². The van der Waals surface area contributed by atoms with Crippen LogP contribution in [0.1, 0.15) is 51.1 Å². The fraction of sp³-hybridized carbons (Fsp3) is 0.812. The number of rotatable bonds is 3. The van der Waals surface area contributed by atoms with E-state index >= 15 is 0 Å². The first-order chi connectivity index (χ1) is 9.16. The summed E-state index contributed by atoms with van der Waals surface area (Å²) < 4.78 is 2.16. The molecule has 0 aromatic carbocycles. The molecule has 1 aliphatic heterocycles. The average molecular weight is 278 g/mol. The first-order valence-electron chi connectivity index (χ1n) is 7.64. The minimum atomic E-state index is 0.0455. The average Bonchev–Trinajstić information content (AvgIpc) is 2.85. The van der Waals surface area contributed by atoms with Crippen molar-refractivity contribution < 1.29 is 0 Å². The highest BCUT2D eigenvalue weighted by atomic mass is 15.3. The molecule has 1 aliphatic rings. The molecule has 2 rings (SSSR count). The molecule has 1 saturated heterocycles. The molecule has 4 heteroatoms. The smallest absolute Gasteiger partial charge is 0.0641 e. The lowest BCUT2D eigenvalue weighted by molar-refractivity contribution is 0.273. The van der Waals surface area contributed by atoms with Gasteiger partial charge in [0, 0.05) is 24.3 Å². The van der Waals surface area contributed by atoms with Crippen LogP contribution in [0.15, 0.2) is 0 Å². The molecule has 0 bridgehead atoms. The van der Waals surface area contributed by atoms with Crippen LogP contribution in [0.5, 0.6) is 0 Å². The van der Waals surface area contributed by atoms with Gasteiger partial charge in [0.15, 0.2) is 0 Å². The van der Waals surface area contributed by atoms with Crippen LogP contribution < -0.4 is 5.73 Å². The zero-order chi connectivity index (χ0) is 15.1. The van der Waals surface area contributed by atoms with E-state index in [2.05, 4.69) is 51.1 Å². The van der Waals surface area contributed by atoms with Crippen molar-refractivity contribution in [1.29, 1.82) is 0 Å². The SMILES string of the molecule is Cc1nn(C(C)(C)C)c(C)c1CN1CCC(C)(CN)C1. The molecule has 0 saturated carbocycles. The lowest BCUT2D eigenvalue weighted by Crippen LogP contribution is -2.31. The fourth-order valence-corrected chi connectivity index (χ4v) is 3.21. The molecule has 2 N–H and O–H groups in total. The van der Waals surface area contributed by atoms with Gasteiger partial charge in [-0.25, -0.2) is 0 Å². The Morgan fingerprint density at radius 2 is 1.95 bits per heavy atom. The van der Waals surface area contributed by atoms with Crippen molar-refractivity contribution in [3.63, 3.8) is 0 Å². The highest BCUT2D eigenvalue weighted by Gasteiger charge is 2.33. The molecule has 1 unspecified atom stereocenters. The maximum atomic E-state index is 5.90. The minimum Gasteiger partial charge on any atom is -0.330 e. The maximum Gasteiger partial charge on any atom is 0.0641 e. The predicted octanol–water partition coefficient (Wildman–Crippen LogP) is 2.43. The van der Waals surface area contributed by atoms with Gasteiger partial charge in [-0.2, -0.15) is 5.10 Å². The molecule has 1 fully saturated rings. The number of aromatic nitrogens is 2. The molecular formula is C16H30N4. The summed E-state index contributed by atoms with van der Waals surface area (Å²) >= 11 is 0. The van der Waals surface area contributed by atoms with Gasteiger partial charge in [0.2, 0.25) is 0 Å². The summed E-state index contributed by atoms with van der Waals surface area (Å²) in [6.45, 7) is 17.3. The van der Waals surface area contributed by atoms with E-state index in [1.165, 1.54) is 23.4 Å². The highest BCUT2D eigenvalue weighted by molar-refractivity contribution is 5.25. The molecule has 1 aromatic heterocycles. The van der Waals surface area contributed by atoms with E-state index in [0.717, 1.165) is 26.2 Å². The molecule has 2 heterocycles. The van der Waals surface area contributed by atoms with E-state index in [0.29, 0.717) is 5.41 Å². The molecule has 4 nitrogen and oxygen atoms in total. The lowest BCUT2D eigenvalue weighted by atomic mass is 9.90. The number of nitrogens with zero attached hydrogens (tertiary/aromatic N) is 3. The molecule has 0 amide bonds. The van der Waals surface area contributed by atoms with E-state index < -0.39 is 0 Å². The first-order valence-corrected chi connectivity index (χ1v) is 7.64. The summed E-state index contributed by atoms with van der Waals surface area (Å²) in [6, 6.07) is 0. The Morgan fingerprint density at radius 3 is 2.40 bits per heavy atom. The van der Waals surface area contributed by atoms with E-state index in [4.69, 9.17) is 10.8 Å². The topological polar surface area (TPSA) is 47.1 Å². The van der Waals surface area contributed by atoms with Crippen LogP contribution in [0.3, 0.4) is 0 Å². The largest absolute Gasteiger partial charge is 0.330 e. The van der Waals surface area contributed by atoms with Gasteiger partial charge in [-0.1, -0.05) is 6.92 Å². The normalized spacial score (nSPS) is 24.6. The van der Waals surface area contributed by atoms with Crippen LogP contribution >= 0.6 is 0 Å². The lowest BCUT2D eigenvalue weighted by Gasteiger charge is -2.23. The van der Waals surface area contributed by atoms with Gasteiger partial charge in [-0.15, -0.1) is 0 Å². The number of nitrogens with two attached hydrogens (primary N) is 1. The van der Waals surface area contributed by atoms with Crippen molar-refractivity contribution in [2.45, 2.75) is 60.0 Å². The van der Waals surface area contributed by atoms with Crippen molar-refractivity contribution in [2.75, 3.05) is 19.6 Å². The fourth-order valence-electron chi connectivity index (χ4n) is 3.21. The van der Waals surface area contributed by atoms with E-state index in [1.54, 1.807) is 0 Å². The van der Waals surface area contributed by atoms with Crippen molar-refractivity contribution >= 4 is 0 Å². The van der Waals surface area contributed by atoms with E-state index in [9.17, 15) is 0 Å². The standard InChI is InChI=1S/C16H30N4/c1-12-14(13(2)20(18-12)15(3,4)5)9-19-8-7-16(6,10-17)11-19/h7-11,17H2,1-6H3. The Labute approximate surface area is 123 Å². The third-order valence-electron chi connectivity index (χ3n) is 4.59. The quantitative estimate of drug-likeness (QED) is 0.923. The van der Waals surface area contributed by atoms with Gasteiger partial charge in [-0.05, 0) is 59.5 Å². The summed E-state index contributed by atoms with van der Waals surface area (Å²) in [5, 5.41) is 4.75. The van der Waals surface area contributed by atoms with Gasteiger partial charge in [0.1, 0.15) is 0 Å². The third-order valence-corrected chi connectivity index (χ3v) is 4.59. The van der Waals surface area contributed by atoms with Gasteiger partial charge in [0.05, 0.1) is 11.2 Å². The van der Waals surface area contributed by atoms with Crippen LogP contribution in [-0.2, 0) is 12.1 Å². The second-order valence-corrected chi connectivity index (χ2v) is 7.71. The molecule has 0 aliphatic carbocycles. The summed E-state index contributed by atoms with van der Waals surface area (Å²) in [5.41, 5.74) is 10.1. The number of likely N-dealkylation sites (tertiary alicyclic amines) is 1. The van der Waals surface area contributed by atoms with Gasteiger partial charge in [-0.3, -0.25) is 9.58 Å². The minimum absolute atomic E-state index is 0.0455. The van der Waals surface area contributed by atoms with Crippen molar-refractivity contribution in [3.8, 4) is 0 Å². The summed E-state index contributed by atoms with van der Waals surface area (Å²) in [6.07, 6.45) is 1.20. The van der Waals surface area contributed by atoms with Crippen LogP contribution in [0.4, 0.5) is 0 Å². The Kier molecular flexibility index (Phi) is 4.00. The van der Waals surface area contributed by atoms with Crippen molar-refractivity contribution in [2.24, 2.45) is 11.1 Å². The second kappa shape index (κ2) is 5.15. The highest BCUT2D eigenvalue weighted by Crippen LogP contribution is 2.31. The maximum absolute atomic E-state index is 5.90. The number of hydrogen-bond donors (Lipinski definition) is 1. The van der Waals surface area contributed by atoms with Crippen LogP contribution in [0, 0.1) is 19.3 Å². The molecule has 114 valence electrons. The number of hydrogen-bond acceptors (Lipinski definition) is 3. The Balaban J connectivity index is 2.17. The monoisotopic (exact) mass is 278 g/mol. The number of aryl methyl sites for hydroxylation is 1.